The number of aryl methyl sites for hydroxylation is 2. The Labute approximate surface area is 196 Å². The summed E-state index contributed by atoms with van der Waals surface area (Å²) in [6.07, 6.45) is 0. The summed E-state index contributed by atoms with van der Waals surface area (Å²) in [4.78, 5) is 12.8. The van der Waals surface area contributed by atoms with Crippen molar-refractivity contribution in [2.24, 2.45) is 0 Å². The highest BCUT2D eigenvalue weighted by molar-refractivity contribution is 7.92. The Hall–Kier alpha value is -2.25. The number of hydrogen-bond donors (Lipinski definition) is 1. The lowest BCUT2D eigenvalue weighted by atomic mass is 10.2. The first-order chi connectivity index (χ1) is 14.6. The molecular weight excluding hydrogens is 479 g/mol. The third-order valence-electron chi connectivity index (χ3n) is 4.49. The SMILES string of the molecule is Cc1ccc(S(=O)(=O)N(CC(=O)Nc2ccc(C)c(Cl)c2)c2cc(Cl)cc(Cl)c2)cc1. The van der Waals surface area contributed by atoms with Crippen LogP contribution >= 0.6 is 34.8 Å². The molecular formula is C22H19Cl3N2O3S. The van der Waals surface area contributed by atoms with Gasteiger partial charge in [0.25, 0.3) is 10.0 Å². The average Bonchev–Trinajstić information content (AvgIpc) is 2.68. The third-order valence-corrected chi connectivity index (χ3v) is 7.12. The lowest BCUT2D eigenvalue weighted by molar-refractivity contribution is -0.114. The molecule has 0 saturated carbocycles. The van der Waals surface area contributed by atoms with Crippen LogP contribution in [0.25, 0.3) is 0 Å². The summed E-state index contributed by atoms with van der Waals surface area (Å²) < 4.78 is 27.8. The normalized spacial score (nSPS) is 11.3. The van der Waals surface area contributed by atoms with Crippen molar-refractivity contribution in [2.75, 3.05) is 16.2 Å². The molecule has 0 unspecified atom stereocenters. The summed E-state index contributed by atoms with van der Waals surface area (Å²) in [5.41, 5.74) is 2.40. The molecule has 5 nitrogen and oxygen atoms in total. The Balaban J connectivity index is 1.98. The highest BCUT2D eigenvalue weighted by atomic mass is 35.5. The van der Waals surface area contributed by atoms with Gasteiger partial charge in [-0.25, -0.2) is 8.42 Å². The number of nitrogens with zero attached hydrogens (tertiary/aromatic N) is 1. The van der Waals surface area contributed by atoms with Gasteiger partial charge in [0.15, 0.2) is 0 Å². The van der Waals surface area contributed by atoms with Crippen molar-refractivity contribution in [3.8, 4) is 0 Å². The molecule has 0 aliphatic carbocycles. The van der Waals surface area contributed by atoms with E-state index in [0.717, 1.165) is 15.4 Å². The Morgan fingerprint density at radius 3 is 2.10 bits per heavy atom. The minimum atomic E-state index is -4.08. The summed E-state index contributed by atoms with van der Waals surface area (Å²) >= 11 is 18.3. The number of rotatable bonds is 6. The average molecular weight is 498 g/mol. The molecule has 0 heterocycles. The monoisotopic (exact) mass is 496 g/mol. The van der Waals surface area contributed by atoms with Gasteiger partial charge in [-0.1, -0.05) is 58.6 Å². The first kappa shape index (κ1) is 23.4. The van der Waals surface area contributed by atoms with Crippen molar-refractivity contribution < 1.29 is 13.2 Å². The van der Waals surface area contributed by atoms with Crippen LogP contribution in [-0.2, 0) is 14.8 Å². The molecule has 3 aromatic rings. The van der Waals surface area contributed by atoms with Crippen LogP contribution < -0.4 is 9.62 Å². The molecule has 0 aliphatic rings. The van der Waals surface area contributed by atoms with Crippen molar-refractivity contribution in [3.05, 3.63) is 86.9 Å². The smallest absolute Gasteiger partial charge is 0.264 e. The van der Waals surface area contributed by atoms with Gasteiger partial charge >= 0.3 is 0 Å². The zero-order chi connectivity index (χ0) is 22.8. The number of hydrogen-bond acceptors (Lipinski definition) is 3. The van der Waals surface area contributed by atoms with Gasteiger partial charge in [0.05, 0.1) is 10.6 Å². The van der Waals surface area contributed by atoms with Gasteiger partial charge in [-0.3, -0.25) is 9.10 Å². The van der Waals surface area contributed by atoms with E-state index in [2.05, 4.69) is 5.32 Å². The number of anilines is 2. The molecule has 0 spiro atoms. The molecule has 0 atom stereocenters. The maximum Gasteiger partial charge on any atom is 0.264 e. The van der Waals surface area contributed by atoms with E-state index in [1.54, 1.807) is 30.3 Å². The van der Waals surface area contributed by atoms with Gasteiger partial charge < -0.3 is 5.32 Å². The molecule has 0 saturated heterocycles. The van der Waals surface area contributed by atoms with E-state index in [-0.39, 0.29) is 20.6 Å². The summed E-state index contributed by atoms with van der Waals surface area (Å²) in [5, 5.41) is 3.66. The molecule has 1 amide bonds. The molecule has 0 aliphatic heterocycles. The molecule has 1 N–H and O–H groups in total. The van der Waals surface area contributed by atoms with E-state index in [4.69, 9.17) is 34.8 Å². The molecule has 0 bridgehead atoms. The van der Waals surface area contributed by atoms with Crippen LogP contribution in [0.5, 0.6) is 0 Å². The number of carbonyl (C=O) groups is 1. The summed E-state index contributed by atoms with van der Waals surface area (Å²) in [6.45, 7) is 3.20. The van der Waals surface area contributed by atoms with E-state index < -0.39 is 22.5 Å². The number of sulfonamides is 1. The molecule has 31 heavy (non-hydrogen) atoms. The topological polar surface area (TPSA) is 66.5 Å². The molecule has 162 valence electrons. The fraction of sp³-hybridized carbons (Fsp3) is 0.136. The Bertz CT molecular complexity index is 1210. The predicted molar refractivity (Wildman–Crippen MR) is 127 cm³/mol. The second kappa shape index (κ2) is 9.49. The first-order valence-electron chi connectivity index (χ1n) is 9.18. The molecule has 3 rings (SSSR count). The van der Waals surface area contributed by atoms with Crippen LogP contribution in [0.4, 0.5) is 11.4 Å². The van der Waals surface area contributed by atoms with E-state index in [0.29, 0.717) is 10.7 Å². The number of nitrogens with one attached hydrogen (secondary N) is 1. The van der Waals surface area contributed by atoms with Crippen LogP contribution in [0.1, 0.15) is 11.1 Å². The van der Waals surface area contributed by atoms with Gasteiger partial charge in [0.1, 0.15) is 6.54 Å². The van der Waals surface area contributed by atoms with Gasteiger partial charge in [-0.2, -0.15) is 0 Å². The van der Waals surface area contributed by atoms with Crippen LogP contribution in [-0.4, -0.2) is 20.9 Å². The van der Waals surface area contributed by atoms with E-state index in [1.807, 2.05) is 13.8 Å². The minimum absolute atomic E-state index is 0.0420. The largest absolute Gasteiger partial charge is 0.324 e. The number of benzene rings is 3. The second-order valence-corrected chi connectivity index (χ2v) is 10.1. The fourth-order valence-electron chi connectivity index (χ4n) is 2.84. The molecule has 0 fully saturated rings. The van der Waals surface area contributed by atoms with Gasteiger partial charge in [0, 0.05) is 20.8 Å². The number of halogens is 3. The van der Waals surface area contributed by atoms with Crippen molar-refractivity contribution in [3.63, 3.8) is 0 Å². The van der Waals surface area contributed by atoms with Gasteiger partial charge in [-0.15, -0.1) is 0 Å². The number of amides is 1. The van der Waals surface area contributed by atoms with Crippen molar-refractivity contribution in [1.29, 1.82) is 0 Å². The maximum absolute atomic E-state index is 13.4. The quantitative estimate of drug-likeness (QED) is 0.447. The van der Waals surface area contributed by atoms with Crippen molar-refractivity contribution >= 4 is 62.1 Å². The second-order valence-electron chi connectivity index (χ2n) is 6.96. The summed E-state index contributed by atoms with van der Waals surface area (Å²) in [7, 11) is -4.08. The Kier molecular flexibility index (Phi) is 7.17. The van der Waals surface area contributed by atoms with Crippen LogP contribution in [0.3, 0.4) is 0 Å². The maximum atomic E-state index is 13.4. The van der Waals surface area contributed by atoms with E-state index in [1.165, 1.54) is 30.3 Å². The van der Waals surface area contributed by atoms with Gasteiger partial charge in [0.2, 0.25) is 5.91 Å². The molecule has 9 heteroatoms. The summed E-state index contributed by atoms with van der Waals surface area (Å²) in [5.74, 6) is -0.549. The third kappa shape index (κ3) is 5.71. The zero-order valence-corrected chi connectivity index (χ0v) is 19.8. The van der Waals surface area contributed by atoms with E-state index >= 15 is 0 Å². The Morgan fingerprint density at radius 2 is 1.52 bits per heavy atom. The lowest BCUT2D eigenvalue weighted by Crippen LogP contribution is -2.38. The molecule has 0 radical (unpaired) electrons. The highest BCUT2D eigenvalue weighted by Gasteiger charge is 2.28. The minimum Gasteiger partial charge on any atom is -0.324 e. The Morgan fingerprint density at radius 1 is 0.903 bits per heavy atom. The van der Waals surface area contributed by atoms with Crippen LogP contribution in [0.15, 0.2) is 65.6 Å². The standard InChI is InChI=1S/C22H19Cl3N2O3S/c1-14-3-7-20(8-4-14)31(29,30)27(19-10-16(23)9-17(24)11-19)13-22(28)26-18-6-5-15(2)21(25)12-18/h3-12H,13H2,1-2H3,(H,26,28). The van der Waals surface area contributed by atoms with Crippen molar-refractivity contribution in [2.45, 2.75) is 18.7 Å². The zero-order valence-electron chi connectivity index (χ0n) is 16.7. The first-order valence-corrected chi connectivity index (χ1v) is 11.7. The number of carbonyl (C=O) groups excluding carboxylic acids is 1. The molecule has 3 aromatic carbocycles. The van der Waals surface area contributed by atoms with Crippen LogP contribution in [0.2, 0.25) is 15.1 Å². The van der Waals surface area contributed by atoms with Crippen LogP contribution in [0, 0.1) is 13.8 Å². The molecule has 0 aromatic heterocycles. The van der Waals surface area contributed by atoms with E-state index in [9.17, 15) is 13.2 Å². The highest BCUT2D eigenvalue weighted by Crippen LogP contribution is 2.30. The summed E-state index contributed by atoms with van der Waals surface area (Å²) in [6, 6.07) is 15.8. The predicted octanol–water partition coefficient (Wildman–Crippen LogP) is 6.10. The van der Waals surface area contributed by atoms with Crippen molar-refractivity contribution in [1.82, 2.24) is 0 Å². The fourth-order valence-corrected chi connectivity index (χ4v) is 4.94. The lowest BCUT2D eigenvalue weighted by Gasteiger charge is -2.24. The van der Waals surface area contributed by atoms with Gasteiger partial charge in [-0.05, 0) is 61.9 Å².